The predicted octanol–water partition coefficient (Wildman–Crippen LogP) is 6.87. The summed E-state index contributed by atoms with van der Waals surface area (Å²) in [5.41, 5.74) is 5.30. The zero-order valence-electron chi connectivity index (χ0n) is 31.5. The van der Waals surface area contributed by atoms with Gasteiger partial charge in [0.1, 0.15) is 6.61 Å². The SMILES string of the molecule is CCCCCCCCCCCCCCCC(=O)OC[C@H](COP(=O)([O-])OCCN)OC(=O)CCCCCCCCCCCCCCC.[Na+]. The van der Waals surface area contributed by atoms with Crippen LogP contribution < -0.4 is 40.2 Å². The molecule has 0 amide bonds. The number of hydrogen-bond acceptors (Lipinski definition) is 9. The minimum atomic E-state index is -4.61. The Kier molecular flexibility index (Phi) is 39.9. The van der Waals surface area contributed by atoms with Crippen molar-refractivity contribution in [1.82, 2.24) is 0 Å². The van der Waals surface area contributed by atoms with Crippen molar-refractivity contribution >= 4 is 19.8 Å². The second-order valence-corrected chi connectivity index (χ2v) is 14.6. The molecule has 48 heavy (non-hydrogen) atoms. The van der Waals surface area contributed by atoms with E-state index in [1.807, 2.05) is 0 Å². The number of esters is 2. The molecule has 0 aliphatic carbocycles. The maximum atomic E-state index is 12.5. The van der Waals surface area contributed by atoms with Gasteiger partial charge in [0, 0.05) is 19.4 Å². The molecule has 2 atom stereocenters. The summed E-state index contributed by atoms with van der Waals surface area (Å²) in [7, 11) is -4.61. The Morgan fingerprint density at radius 2 is 0.917 bits per heavy atom. The van der Waals surface area contributed by atoms with E-state index in [9.17, 15) is 19.0 Å². The molecule has 1 unspecified atom stereocenters. The van der Waals surface area contributed by atoms with E-state index in [0.29, 0.717) is 6.42 Å². The van der Waals surface area contributed by atoms with Crippen LogP contribution in [-0.4, -0.2) is 44.4 Å². The molecular formula is C37H73NNaO8P. The number of rotatable bonds is 37. The number of carbonyl (C=O) groups excluding carboxylic acids is 2. The fourth-order valence-electron chi connectivity index (χ4n) is 5.57. The number of ether oxygens (including phenoxy) is 2. The first kappa shape index (κ1) is 50.1. The van der Waals surface area contributed by atoms with Crippen LogP contribution in [-0.2, 0) is 32.7 Å². The van der Waals surface area contributed by atoms with Gasteiger partial charge in [-0.25, -0.2) is 0 Å². The molecule has 9 nitrogen and oxygen atoms in total. The quantitative estimate of drug-likeness (QED) is 0.0317. The Labute approximate surface area is 317 Å². The van der Waals surface area contributed by atoms with E-state index in [4.69, 9.17) is 19.7 Å². The van der Waals surface area contributed by atoms with Gasteiger partial charge in [-0.1, -0.05) is 168 Å². The molecule has 0 aliphatic heterocycles. The van der Waals surface area contributed by atoms with Crippen LogP contribution >= 0.6 is 7.82 Å². The molecule has 0 spiro atoms. The van der Waals surface area contributed by atoms with Gasteiger partial charge in [-0.05, 0) is 12.8 Å². The summed E-state index contributed by atoms with van der Waals surface area (Å²) in [5, 5.41) is 0. The van der Waals surface area contributed by atoms with E-state index in [1.54, 1.807) is 0 Å². The first-order chi connectivity index (χ1) is 22.8. The van der Waals surface area contributed by atoms with Crippen molar-refractivity contribution < 1.29 is 67.1 Å². The van der Waals surface area contributed by atoms with Crippen molar-refractivity contribution in [3.8, 4) is 0 Å². The standard InChI is InChI=1S/C37H74NO8P.Na/c1-3-5-7-9-11-13-15-17-19-21-23-25-27-29-36(39)43-33-35(34-45-47(41,42)44-32-31-38)46-37(40)30-28-26-24-22-20-18-16-14-12-10-8-6-4-2;/h35H,3-34,38H2,1-2H3,(H,41,42);/q;+1/p-1/t35-;/m1./s1. The molecule has 0 aromatic heterocycles. The van der Waals surface area contributed by atoms with E-state index in [2.05, 4.69) is 18.4 Å². The molecule has 0 aromatic rings. The van der Waals surface area contributed by atoms with E-state index >= 15 is 0 Å². The molecule has 0 aliphatic rings. The molecule has 0 saturated heterocycles. The number of hydrogen-bond donors (Lipinski definition) is 1. The van der Waals surface area contributed by atoms with Crippen LogP contribution in [0.4, 0.5) is 0 Å². The number of nitrogens with two attached hydrogens (primary N) is 1. The largest absolute Gasteiger partial charge is 1.00 e. The minimum absolute atomic E-state index is 0. The van der Waals surface area contributed by atoms with Gasteiger partial charge in [0.15, 0.2) is 6.10 Å². The Balaban J connectivity index is 0. The third kappa shape index (κ3) is 37.3. The molecule has 0 bridgehead atoms. The topological polar surface area (TPSA) is 137 Å². The Morgan fingerprint density at radius 3 is 1.29 bits per heavy atom. The van der Waals surface area contributed by atoms with E-state index in [0.717, 1.165) is 38.5 Å². The van der Waals surface area contributed by atoms with E-state index in [-0.39, 0.29) is 62.2 Å². The Morgan fingerprint density at radius 1 is 0.562 bits per heavy atom. The number of carbonyl (C=O) groups is 2. The van der Waals surface area contributed by atoms with Crippen LogP contribution in [0.3, 0.4) is 0 Å². The van der Waals surface area contributed by atoms with Gasteiger partial charge in [-0.15, -0.1) is 0 Å². The molecular weight excluding hydrogens is 640 g/mol. The van der Waals surface area contributed by atoms with Crippen molar-refractivity contribution in [2.75, 3.05) is 26.4 Å². The fraction of sp³-hybridized carbons (Fsp3) is 0.946. The van der Waals surface area contributed by atoms with Gasteiger partial charge in [-0.3, -0.25) is 14.2 Å². The molecule has 0 saturated carbocycles. The fourth-order valence-corrected chi connectivity index (χ4v) is 6.32. The summed E-state index contributed by atoms with van der Waals surface area (Å²) in [6, 6.07) is 0. The summed E-state index contributed by atoms with van der Waals surface area (Å²) < 4.78 is 32.3. The zero-order valence-corrected chi connectivity index (χ0v) is 34.4. The second kappa shape index (κ2) is 38.2. The smallest absolute Gasteiger partial charge is 0.756 e. The third-order valence-electron chi connectivity index (χ3n) is 8.48. The number of phosphoric acid groups is 1. The maximum Gasteiger partial charge on any atom is 1.00 e. The maximum absolute atomic E-state index is 12.5. The summed E-state index contributed by atoms with van der Waals surface area (Å²) in [4.78, 5) is 36.8. The van der Waals surface area contributed by atoms with Gasteiger partial charge in [-0.2, -0.15) is 0 Å². The monoisotopic (exact) mass is 713 g/mol. The van der Waals surface area contributed by atoms with E-state index in [1.165, 1.54) is 122 Å². The first-order valence-corrected chi connectivity index (χ1v) is 21.0. The minimum Gasteiger partial charge on any atom is -0.756 e. The van der Waals surface area contributed by atoms with Crippen LogP contribution in [0.1, 0.15) is 194 Å². The average Bonchev–Trinajstić information content (AvgIpc) is 3.05. The first-order valence-electron chi connectivity index (χ1n) is 19.5. The number of phosphoric ester groups is 1. The van der Waals surface area contributed by atoms with Crippen molar-refractivity contribution in [3.63, 3.8) is 0 Å². The van der Waals surface area contributed by atoms with Crippen molar-refractivity contribution in [2.24, 2.45) is 5.73 Å². The molecule has 280 valence electrons. The van der Waals surface area contributed by atoms with Crippen LogP contribution in [0, 0.1) is 0 Å². The molecule has 0 rings (SSSR count). The van der Waals surface area contributed by atoms with Gasteiger partial charge in [0.25, 0.3) is 7.82 Å². The van der Waals surface area contributed by atoms with Crippen LogP contribution in [0.5, 0.6) is 0 Å². The molecule has 0 heterocycles. The molecule has 0 aromatic carbocycles. The summed E-state index contributed by atoms with van der Waals surface area (Å²) in [6.07, 6.45) is 31.0. The van der Waals surface area contributed by atoms with Crippen LogP contribution in [0.2, 0.25) is 0 Å². The molecule has 0 fully saturated rings. The van der Waals surface area contributed by atoms with E-state index < -0.39 is 32.5 Å². The number of unbranched alkanes of at least 4 members (excludes halogenated alkanes) is 24. The summed E-state index contributed by atoms with van der Waals surface area (Å²) in [6.45, 7) is 3.55. The van der Waals surface area contributed by atoms with Crippen molar-refractivity contribution in [3.05, 3.63) is 0 Å². The molecule has 0 radical (unpaired) electrons. The van der Waals surface area contributed by atoms with Gasteiger partial charge < -0.3 is 29.1 Å². The summed E-state index contributed by atoms with van der Waals surface area (Å²) >= 11 is 0. The van der Waals surface area contributed by atoms with Crippen LogP contribution in [0.25, 0.3) is 0 Å². The normalized spacial score (nSPS) is 13.1. The molecule has 2 N–H and O–H groups in total. The summed E-state index contributed by atoms with van der Waals surface area (Å²) in [5.74, 6) is -0.854. The van der Waals surface area contributed by atoms with Crippen LogP contribution in [0.15, 0.2) is 0 Å². The van der Waals surface area contributed by atoms with Crippen molar-refractivity contribution in [1.29, 1.82) is 0 Å². The van der Waals surface area contributed by atoms with Gasteiger partial charge in [0.2, 0.25) is 0 Å². The van der Waals surface area contributed by atoms with Gasteiger partial charge >= 0.3 is 41.5 Å². The molecule has 11 heteroatoms. The van der Waals surface area contributed by atoms with Crippen molar-refractivity contribution in [2.45, 2.75) is 200 Å². The average molecular weight is 714 g/mol. The zero-order chi connectivity index (χ0) is 34.7. The predicted molar refractivity (Wildman–Crippen MR) is 190 cm³/mol. The second-order valence-electron chi connectivity index (χ2n) is 13.1. The third-order valence-corrected chi connectivity index (χ3v) is 9.45. The Hall–Kier alpha value is 0.0100. The Bertz CT molecular complexity index is 761. The van der Waals surface area contributed by atoms with Gasteiger partial charge in [0.05, 0.1) is 13.2 Å².